The summed E-state index contributed by atoms with van der Waals surface area (Å²) in [6.07, 6.45) is 5.31. The van der Waals surface area contributed by atoms with Gasteiger partial charge in [0.05, 0.1) is 0 Å². The Balaban J connectivity index is 2.10. The van der Waals surface area contributed by atoms with Gasteiger partial charge in [0, 0.05) is 19.1 Å². The van der Waals surface area contributed by atoms with Crippen LogP contribution in [0.25, 0.3) is 0 Å². The monoisotopic (exact) mass is 155 g/mol. The average Bonchev–Trinajstić information content (AvgIpc) is 2.80. The van der Waals surface area contributed by atoms with Crippen molar-refractivity contribution in [3.8, 4) is 0 Å². The van der Waals surface area contributed by atoms with Crippen molar-refractivity contribution < 1.29 is 0 Å². The van der Waals surface area contributed by atoms with Crippen LogP contribution >= 0.6 is 0 Å². The molecule has 0 bridgehead atoms. The summed E-state index contributed by atoms with van der Waals surface area (Å²) in [6.45, 7) is 6.47. The van der Waals surface area contributed by atoms with Gasteiger partial charge in [0.2, 0.25) is 0 Å². The van der Waals surface area contributed by atoms with E-state index in [0.29, 0.717) is 0 Å². The molecule has 0 unspecified atom stereocenters. The van der Waals surface area contributed by atoms with Crippen LogP contribution in [-0.4, -0.2) is 24.1 Å². The maximum absolute atomic E-state index is 4.46. The summed E-state index contributed by atoms with van der Waals surface area (Å²) in [5.74, 6) is 0. The largest absolute Gasteiger partial charge is 0.224 e. The molecule has 0 aliphatic heterocycles. The average molecular weight is 155 g/mol. The molecule has 0 amide bonds. The molecule has 11 heavy (non-hydrogen) atoms. The highest BCUT2D eigenvalue weighted by Crippen LogP contribution is 2.25. The van der Waals surface area contributed by atoms with Gasteiger partial charge in [0.25, 0.3) is 0 Å². The van der Waals surface area contributed by atoms with Crippen LogP contribution < -0.4 is 5.43 Å². The minimum absolute atomic E-state index is 0.807. The summed E-state index contributed by atoms with van der Waals surface area (Å²) < 4.78 is 0. The summed E-state index contributed by atoms with van der Waals surface area (Å²) in [7, 11) is 0. The molecule has 1 aliphatic rings. The third-order valence-electron chi connectivity index (χ3n) is 2.03. The first-order valence-electron chi connectivity index (χ1n) is 4.82. The maximum atomic E-state index is 4.46. The smallest absolute Gasteiger partial charge is 0.0278 e. The van der Waals surface area contributed by atoms with E-state index >= 15 is 0 Å². The summed E-state index contributed by atoms with van der Waals surface area (Å²) in [5, 5.41) is 2.30. The molecule has 0 aromatic rings. The Hall–Kier alpha value is -0.0800. The molecule has 65 valence electrons. The third-order valence-corrected chi connectivity index (χ3v) is 2.03. The highest BCUT2D eigenvalue weighted by Gasteiger charge is 2.28. The molecule has 0 atom stereocenters. The summed E-state index contributed by atoms with van der Waals surface area (Å²) in [6, 6.07) is 0.807. The highest BCUT2D eigenvalue weighted by atomic mass is 15.5. The topological polar surface area (TPSA) is 17.3 Å². The summed E-state index contributed by atoms with van der Waals surface area (Å²) >= 11 is 0. The molecule has 2 nitrogen and oxygen atoms in total. The lowest BCUT2D eigenvalue weighted by Crippen LogP contribution is -2.34. The number of rotatable bonds is 6. The Bertz CT molecular complexity index is 99.7. The Morgan fingerprint density at radius 2 is 2.09 bits per heavy atom. The lowest BCUT2D eigenvalue weighted by molar-refractivity contribution is 0.171. The van der Waals surface area contributed by atoms with Crippen LogP contribution in [0.2, 0.25) is 0 Å². The fourth-order valence-electron chi connectivity index (χ4n) is 1.24. The van der Waals surface area contributed by atoms with Gasteiger partial charge < -0.3 is 0 Å². The fraction of sp³-hybridized carbons (Fsp3) is 1.00. The van der Waals surface area contributed by atoms with E-state index in [1.165, 1.54) is 32.2 Å². The molecule has 1 radical (unpaired) electrons. The Morgan fingerprint density at radius 3 is 2.55 bits per heavy atom. The van der Waals surface area contributed by atoms with Crippen molar-refractivity contribution in [1.82, 2.24) is 10.4 Å². The molecule has 1 saturated carbocycles. The first-order valence-corrected chi connectivity index (χ1v) is 4.82. The molecule has 0 heterocycles. The molecule has 0 spiro atoms. The molecular formula is C9H19N2. The van der Waals surface area contributed by atoms with Crippen molar-refractivity contribution in [1.29, 1.82) is 0 Å². The van der Waals surface area contributed by atoms with Crippen LogP contribution in [0.4, 0.5) is 0 Å². The normalized spacial score (nSPS) is 17.7. The van der Waals surface area contributed by atoms with Gasteiger partial charge in [-0.1, -0.05) is 13.3 Å². The van der Waals surface area contributed by atoms with Crippen LogP contribution in [0.5, 0.6) is 0 Å². The predicted molar refractivity (Wildman–Crippen MR) is 47.3 cm³/mol. The van der Waals surface area contributed by atoms with Crippen LogP contribution in [0.1, 0.15) is 39.5 Å². The van der Waals surface area contributed by atoms with E-state index in [0.717, 1.165) is 12.6 Å². The first-order chi connectivity index (χ1) is 5.38. The minimum atomic E-state index is 0.807. The maximum Gasteiger partial charge on any atom is 0.0278 e. The molecule has 0 saturated heterocycles. The van der Waals surface area contributed by atoms with Gasteiger partial charge in [0.15, 0.2) is 0 Å². The van der Waals surface area contributed by atoms with Gasteiger partial charge in [-0.15, -0.1) is 0 Å². The van der Waals surface area contributed by atoms with Crippen molar-refractivity contribution in [2.24, 2.45) is 0 Å². The zero-order valence-corrected chi connectivity index (χ0v) is 7.71. The van der Waals surface area contributed by atoms with E-state index in [1.807, 2.05) is 0 Å². The second-order valence-electron chi connectivity index (χ2n) is 3.21. The quantitative estimate of drug-likeness (QED) is 0.534. The first kappa shape index (κ1) is 9.01. The molecule has 2 heteroatoms. The second kappa shape index (κ2) is 4.73. The van der Waals surface area contributed by atoms with Gasteiger partial charge in [0.1, 0.15) is 0 Å². The Morgan fingerprint density at radius 1 is 1.36 bits per heavy atom. The Labute approximate surface area is 69.9 Å². The zero-order chi connectivity index (χ0) is 8.10. The lowest BCUT2D eigenvalue weighted by Gasteiger charge is -2.19. The van der Waals surface area contributed by atoms with Crippen LogP contribution in [0, 0.1) is 0 Å². The summed E-state index contributed by atoms with van der Waals surface area (Å²) in [5.41, 5.74) is 4.46. The molecule has 1 rings (SSSR count). The standard InChI is InChI=1S/C9H19N2/c1-3-5-8-11(10-4-2)9-6-7-9/h9H,3-8H2,1-2H3. The Kier molecular flexibility index (Phi) is 3.87. The van der Waals surface area contributed by atoms with Crippen molar-refractivity contribution in [2.75, 3.05) is 13.1 Å². The van der Waals surface area contributed by atoms with E-state index in [4.69, 9.17) is 0 Å². The van der Waals surface area contributed by atoms with Gasteiger partial charge >= 0.3 is 0 Å². The zero-order valence-electron chi connectivity index (χ0n) is 7.71. The number of hydrogen-bond donors (Lipinski definition) is 0. The molecule has 0 aromatic heterocycles. The number of unbranched alkanes of at least 4 members (excludes halogenated alkanes) is 1. The highest BCUT2D eigenvalue weighted by molar-refractivity contribution is 4.81. The van der Waals surface area contributed by atoms with Gasteiger partial charge in [-0.25, -0.2) is 5.01 Å². The lowest BCUT2D eigenvalue weighted by atomic mass is 10.3. The van der Waals surface area contributed by atoms with Crippen LogP contribution in [0.3, 0.4) is 0 Å². The molecule has 0 N–H and O–H groups in total. The number of nitrogens with zero attached hydrogens (tertiary/aromatic N) is 2. The van der Waals surface area contributed by atoms with E-state index in [9.17, 15) is 0 Å². The SMILES string of the molecule is CCCCN([N]CC)C1CC1. The van der Waals surface area contributed by atoms with Crippen LogP contribution in [0.15, 0.2) is 0 Å². The fourth-order valence-corrected chi connectivity index (χ4v) is 1.24. The van der Waals surface area contributed by atoms with Gasteiger partial charge in [-0.3, -0.25) is 0 Å². The van der Waals surface area contributed by atoms with E-state index in [2.05, 4.69) is 24.3 Å². The van der Waals surface area contributed by atoms with E-state index in [-0.39, 0.29) is 0 Å². The van der Waals surface area contributed by atoms with E-state index < -0.39 is 0 Å². The molecular weight excluding hydrogens is 136 g/mol. The van der Waals surface area contributed by atoms with Crippen molar-refractivity contribution in [2.45, 2.75) is 45.6 Å². The third kappa shape index (κ3) is 3.21. The van der Waals surface area contributed by atoms with E-state index in [1.54, 1.807) is 0 Å². The van der Waals surface area contributed by atoms with Crippen molar-refractivity contribution >= 4 is 0 Å². The van der Waals surface area contributed by atoms with Gasteiger partial charge in [-0.05, 0) is 26.2 Å². The second-order valence-corrected chi connectivity index (χ2v) is 3.21. The number of hydrogen-bond acceptors (Lipinski definition) is 1. The minimum Gasteiger partial charge on any atom is -0.224 e. The van der Waals surface area contributed by atoms with Crippen molar-refractivity contribution in [3.63, 3.8) is 0 Å². The molecule has 1 aliphatic carbocycles. The van der Waals surface area contributed by atoms with Crippen molar-refractivity contribution in [3.05, 3.63) is 0 Å². The van der Waals surface area contributed by atoms with Gasteiger partial charge in [-0.2, -0.15) is 5.43 Å². The molecule has 0 aromatic carbocycles. The predicted octanol–water partition coefficient (Wildman–Crippen LogP) is 1.79. The summed E-state index contributed by atoms with van der Waals surface area (Å²) in [4.78, 5) is 0. The molecule has 1 fully saturated rings. The van der Waals surface area contributed by atoms with Crippen LogP contribution in [-0.2, 0) is 0 Å².